The lowest BCUT2D eigenvalue weighted by Gasteiger charge is -2.09. The van der Waals surface area contributed by atoms with Gasteiger partial charge in [-0.1, -0.05) is 59.4 Å². The Morgan fingerprint density at radius 2 is 1.90 bits per heavy atom. The summed E-state index contributed by atoms with van der Waals surface area (Å²) in [6, 6.07) is 21.8. The number of benzene rings is 3. The van der Waals surface area contributed by atoms with Crippen molar-refractivity contribution >= 4 is 32.4 Å². The molecule has 31 heavy (non-hydrogen) atoms. The topological polar surface area (TPSA) is 55.6 Å². The number of amides is 1. The number of hydrogen-bond donors (Lipinski definition) is 1. The minimum Gasteiger partial charge on any atom is -0.496 e. The van der Waals surface area contributed by atoms with Gasteiger partial charge < -0.3 is 10.1 Å². The molecular formula is C25H21N3O2S. The van der Waals surface area contributed by atoms with Crippen LogP contribution in [0.1, 0.15) is 21.5 Å². The molecule has 0 bridgehead atoms. The van der Waals surface area contributed by atoms with Crippen molar-refractivity contribution in [3.05, 3.63) is 89.6 Å². The number of nitrogens with zero attached hydrogens (tertiary/aromatic N) is 2. The molecule has 2 aromatic heterocycles. The number of aryl methyl sites for hydroxylation is 1. The van der Waals surface area contributed by atoms with Crippen LogP contribution in [0.3, 0.4) is 0 Å². The van der Waals surface area contributed by atoms with Crippen LogP contribution in [0, 0.1) is 6.92 Å². The minimum atomic E-state index is -0.112. The van der Waals surface area contributed by atoms with Crippen LogP contribution in [0.25, 0.3) is 26.4 Å². The molecule has 2 heterocycles. The molecule has 6 heteroatoms. The zero-order chi connectivity index (χ0) is 21.4. The van der Waals surface area contributed by atoms with Crippen molar-refractivity contribution in [1.29, 1.82) is 0 Å². The first-order valence-electron chi connectivity index (χ1n) is 10.0. The number of aromatic nitrogens is 2. The molecule has 5 rings (SSSR count). The third kappa shape index (κ3) is 3.66. The highest BCUT2D eigenvalue weighted by Gasteiger charge is 2.13. The molecule has 154 valence electrons. The molecule has 0 saturated heterocycles. The van der Waals surface area contributed by atoms with Gasteiger partial charge in [0.25, 0.3) is 5.91 Å². The third-order valence-corrected chi connectivity index (χ3v) is 6.35. The van der Waals surface area contributed by atoms with Crippen LogP contribution in [0.5, 0.6) is 5.75 Å². The standard InChI is InChI=1S/C25H21N3O2S/c1-16-7-9-17(10-8-16)20-15-28-21-12-11-18(13-23(21)31-25(28)27-20)24(29)26-14-19-5-3-4-6-22(19)30-2/h3-13,15H,14H2,1-2H3,(H,26,29). The van der Waals surface area contributed by atoms with Crippen molar-refractivity contribution in [3.63, 3.8) is 0 Å². The Kier molecular flexibility index (Phi) is 4.92. The largest absolute Gasteiger partial charge is 0.496 e. The van der Waals surface area contributed by atoms with Crippen molar-refractivity contribution in [1.82, 2.24) is 14.7 Å². The molecule has 0 unspecified atom stereocenters. The number of thiazole rings is 1. The number of carbonyl (C=O) groups excluding carboxylic acids is 1. The molecule has 5 nitrogen and oxygen atoms in total. The molecule has 1 amide bonds. The molecule has 3 aromatic carbocycles. The summed E-state index contributed by atoms with van der Waals surface area (Å²) in [4.78, 5) is 18.4. The Hall–Kier alpha value is -3.64. The van der Waals surface area contributed by atoms with Gasteiger partial charge in [-0.25, -0.2) is 4.98 Å². The van der Waals surface area contributed by atoms with Gasteiger partial charge in [-0.3, -0.25) is 9.20 Å². The van der Waals surface area contributed by atoms with Crippen LogP contribution >= 0.6 is 11.3 Å². The molecule has 1 N–H and O–H groups in total. The lowest BCUT2D eigenvalue weighted by Crippen LogP contribution is -2.22. The first-order chi connectivity index (χ1) is 15.1. The van der Waals surface area contributed by atoms with Crippen LogP contribution in [-0.2, 0) is 6.54 Å². The number of rotatable bonds is 5. The fraction of sp³-hybridized carbons (Fsp3) is 0.120. The van der Waals surface area contributed by atoms with Gasteiger partial charge in [-0.15, -0.1) is 0 Å². The Labute approximate surface area is 183 Å². The van der Waals surface area contributed by atoms with E-state index in [0.29, 0.717) is 12.1 Å². The Morgan fingerprint density at radius 1 is 1.10 bits per heavy atom. The van der Waals surface area contributed by atoms with Crippen LogP contribution in [0.4, 0.5) is 0 Å². The normalized spacial score (nSPS) is 11.2. The van der Waals surface area contributed by atoms with Gasteiger partial charge >= 0.3 is 0 Å². The van der Waals surface area contributed by atoms with E-state index in [0.717, 1.165) is 37.7 Å². The molecule has 0 radical (unpaired) electrons. The number of imidazole rings is 1. The van der Waals surface area contributed by atoms with E-state index in [1.54, 1.807) is 18.4 Å². The zero-order valence-electron chi connectivity index (χ0n) is 17.3. The van der Waals surface area contributed by atoms with Crippen LogP contribution in [-0.4, -0.2) is 22.4 Å². The van der Waals surface area contributed by atoms with E-state index in [4.69, 9.17) is 9.72 Å². The first kappa shape index (κ1) is 19.3. The van der Waals surface area contributed by atoms with Crippen LogP contribution < -0.4 is 10.1 Å². The van der Waals surface area contributed by atoms with E-state index in [-0.39, 0.29) is 5.91 Å². The highest BCUT2D eigenvalue weighted by Crippen LogP contribution is 2.30. The predicted octanol–water partition coefficient (Wildman–Crippen LogP) is 5.46. The minimum absolute atomic E-state index is 0.112. The van der Waals surface area contributed by atoms with Crippen LogP contribution in [0.2, 0.25) is 0 Å². The number of carbonyl (C=O) groups is 1. The van der Waals surface area contributed by atoms with Gasteiger partial charge in [-0.05, 0) is 31.2 Å². The zero-order valence-corrected chi connectivity index (χ0v) is 18.1. The summed E-state index contributed by atoms with van der Waals surface area (Å²) in [5.41, 5.74) is 5.90. The molecule has 5 aromatic rings. The van der Waals surface area contributed by atoms with E-state index in [2.05, 4.69) is 47.1 Å². The lowest BCUT2D eigenvalue weighted by atomic mass is 10.1. The lowest BCUT2D eigenvalue weighted by molar-refractivity contribution is 0.0951. The number of nitrogens with one attached hydrogen (secondary N) is 1. The average molecular weight is 428 g/mol. The van der Waals surface area contributed by atoms with E-state index >= 15 is 0 Å². The number of ether oxygens (including phenoxy) is 1. The fourth-order valence-electron chi connectivity index (χ4n) is 3.63. The summed E-state index contributed by atoms with van der Waals surface area (Å²) in [6.07, 6.45) is 2.06. The second-order valence-electron chi connectivity index (χ2n) is 7.42. The smallest absolute Gasteiger partial charge is 0.251 e. The molecule has 0 aliphatic rings. The Balaban J connectivity index is 1.39. The Morgan fingerprint density at radius 3 is 2.71 bits per heavy atom. The monoisotopic (exact) mass is 427 g/mol. The maximum Gasteiger partial charge on any atom is 0.251 e. The van der Waals surface area contributed by atoms with Crippen molar-refractivity contribution in [2.45, 2.75) is 13.5 Å². The van der Waals surface area contributed by atoms with Gasteiger partial charge in [0, 0.05) is 29.4 Å². The first-order valence-corrected chi connectivity index (χ1v) is 10.8. The second-order valence-corrected chi connectivity index (χ2v) is 8.43. The summed E-state index contributed by atoms with van der Waals surface area (Å²) in [5.74, 6) is 0.654. The van der Waals surface area contributed by atoms with E-state index < -0.39 is 0 Å². The van der Waals surface area contributed by atoms with E-state index in [9.17, 15) is 4.79 Å². The fourth-order valence-corrected chi connectivity index (χ4v) is 4.68. The molecule has 0 aliphatic carbocycles. The number of para-hydroxylation sites is 1. The maximum absolute atomic E-state index is 12.7. The molecule has 0 aliphatic heterocycles. The summed E-state index contributed by atoms with van der Waals surface area (Å²) in [6.45, 7) is 2.49. The quantitative estimate of drug-likeness (QED) is 0.405. The van der Waals surface area contributed by atoms with Gasteiger partial charge in [0.15, 0.2) is 4.96 Å². The summed E-state index contributed by atoms with van der Waals surface area (Å²) in [5, 5.41) is 2.98. The maximum atomic E-state index is 12.7. The molecule has 0 spiro atoms. The summed E-state index contributed by atoms with van der Waals surface area (Å²) < 4.78 is 8.47. The van der Waals surface area contributed by atoms with E-state index in [1.165, 1.54) is 5.56 Å². The van der Waals surface area contributed by atoms with Crippen molar-refractivity contribution in [2.24, 2.45) is 0 Å². The molecule has 0 saturated carbocycles. The molecular weight excluding hydrogens is 406 g/mol. The highest BCUT2D eigenvalue weighted by atomic mass is 32.1. The highest BCUT2D eigenvalue weighted by molar-refractivity contribution is 7.23. The Bertz CT molecular complexity index is 1400. The average Bonchev–Trinajstić information content (AvgIpc) is 3.35. The van der Waals surface area contributed by atoms with Crippen LogP contribution in [0.15, 0.2) is 72.9 Å². The number of hydrogen-bond acceptors (Lipinski definition) is 4. The predicted molar refractivity (Wildman–Crippen MR) is 125 cm³/mol. The van der Waals surface area contributed by atoms with Crippen molar-refractivity contribution in [3.8, 4) is 17.0 Å². The van der Waals surface area contributed by atoms with Crippen molar-refractivity contribution < 1.29 is 9.53 Å². The van der Waals surface area contributed by atoms with Gasteiger partial charge in [0.2, 0.25) is 0 Å². The SMILES string of the molecule is COc1ccccc1CNC(=O)c1ccc2c(c1)sc1nc(-c3ccc(C)cc3)cn12. The molecule has 0 atom stereocenters. The van der Waals surface area contributed by atoms with E-state index in [1.807, 2.05) is 42.5 Å². The summed E-state index contributed by atoms with van der Waals surface area (Å²) >= 11 is 1.58. The number of fused-ring (bicyclic) bond motifs is 3. The van der Waals surface area contributed by atoms with Gasteiger partial charge in [-0.2, -0.15) is 0 Å². The second kappa shape index (κ2) is 7.89. The summed E-state index contributed by atoms with van der Waals surface area (Å²) in [7, 11) is 1.63. The van der Waals surface area contributed by atoms with Gasteiger partial charge in [0.1, 0.15) is 5.75 Å². The number of methoxy groups -OCH3 is 1. The molecule has 0 fully saturated rings. The van der Waals surface area contributed by atoms with Gasteiger partial charge in [0.05, 0.1) is 23.0 Å². The van der Waals surface area contributed by atoms with Crippen molar-refractivity contribution in [2.75, 3.05) is 7.11 Å². The third-order valence-electron chi connectivity index (χ3n) is 5.34.